The molecule has 0 rings (SSSR count). The van der Waals surface area contributed by atoms with Crippen molar-refractivity contribution in [1.29, 1.82) is 0 Å². The molecule has 0 aromatic heterocycles. The Labute approximate surface area is 73.7 Å². The summed E-state index contributed by atoms with van der Waals surface area (Å²) in [4.78, 5) is 0. The number of alkyl halides is 2. The van der Waals surface area contributed by atoms with Gasteiger partial charge in [0.15, 0.2) is 0 Å². The van der Waals surface area contributed by atoms with E-state index in [4.69, 9.17) is 0 Å². The Hall–Kier alpha value is 1.21. The van der Waals surface area contributed by atoms with Crippen LogP contribution in [0, 0.1) is 6.42 Å². The summed E-state index contributed by atoms with van der Waals surface area (Å²) >= 11 is 5.76. The molecule has 0 N–H and O–H groups in total. The van der Waals surface area contributed by atoms with E-state index in [1.165, 1.54) is 23.7 Å². The molecule has 0 aromatic rings. The highest BCUT2D eigenvalue weighted by atomic mass is 127. The lowest BCUT2D eigenvalue weighted by Crippen LogP contribution is -1.79. The predicted molar refractivity (Wildman–Crippen MR) is 50.8 cm³/mol. The van der Waals surface area contributed by atoms with Gasteiger partial charge in [-0.25, -0.2) is 0 Å². The number of hydrogen-bond acceptors (Lipinski definition) is 0. The van der Waals surface area contributed by atoms with Crippen molar-refractivity contribution in [2.24, 2.45) is 0 Å². The molecule has 0 bridgehead atoms. The van der Waals surface area contributed by atoms with Crippen LogP contribution in [0.5, 0.6) is 0 Å². The summed E-state index contributed by atoms with van der Waals surface area (Å²) in [5, 5.41) is 1.05. The summed E-state index contributed by atoms with van der Waals surface area (Å²) in [7, 11) is 0. The first kappa shape index (κ1) is 9.21. The molecule has 0 unspecified atom stereocenters. The molecule has 2 heteroatoms. The third-order valence-electron chi connectivity index (χ3n) is 0.901. The number of halogens is 2. The first-order chi connectivity index (χ1) is 3.91. The monoisotopic (exact) mass is 289 g/mol. The predicted octanol–water partition coefficient (Wildman–Crippen LogP) is 3.19. The van der Waals surface area contributed by atoms with Gasteiger partial charge in [-0.1, -0.05) is 44.9 Å². The van der Waals surface area contributed by atoms with Gasteiger partial charge in [0.25, 0.3) is 0 Å². The average molecular weight is 290 g/mol. The summed E-state index contributed by atoms with van der Waals surface area (Å²) in [6.45, 7) is 0. The van der Waals surface area contributed by atoms with E-state index in [1.54, 1.807) is 0 Å². The van der Waals surface area contributed by atoms with Crippen LogP contribution in [0.2, 0.25) is 0 Å². The quantitative estimate of drug-likeness (QED) is 0.414. The number of hydrogen-bond donors (Lipinski definition) is 0. The molecule has 0 atom stereocenters. The van der Waals surface area contributed by atoms with E-state index in [0.29, 0.717) is 0 Å². The molecule has 0 fully saturated rings. The second-order valence-corrected chi connectivity index (χ2v) is 3.35. The topological polar surface area (TPSA) is 0 Å². The van der Waals surface area contributed by atoms with Crippen molar-refractivity contribution in [3.63, 3.8) is 0 Å². The lowest BCUT2D eigenvalue weighted by Gasteiger charge is -1.92. The fourth-order valence-corrected chi connectivity index (χ4v) is 1.32. The highest BCUT2D eigenvalue weighted by molar-refractivity contribution is 14.1. The SMILES string of the molecule is BrC[CH]CCCCI. The van der Waals surface area contributed by atoms with Crippen molar-refractivity contribution < 1.29 is 0 Å². The van der Waals surface area contributed by atoms with Crippen LogP contribution < -0.4 is 0 Å². The molecule has 0 heterocycles. The van der Waals surface area contributed by atoms with Crippen LogP contribution >= 0.6 is 38.5 Å². The van der Waals surface area contributed by atoms with Crippen molar-refractivity contribution in [2.45, 2.75) is 19.3 Å². The molecule has 8 heavy (non-hydrogen) atoms. The van der Waals surface area contributed by atoms with Gasteiger partial charge in [0.05, 0.1) is 0 Å². The summed E-state index contributed by atoms with van der Waals surface area (Å²) < 4.78 is 1.30. The Morgan fingerprint density at radius 1 is 1.38 bits per heavy atom. The van der Waals surface area contributed by atoms with Gasteiger partial charge in [-0.05, 0) is 23.7 Å². The first-order valence-electron chi connectivity index (χ1n) is 2.85. The normalized spacial score (nSPS) is 9.75. The van der Waals surface area contributed by atoms with Crippen molar-refractivity contribution in [3.8, 4) is 0 Å². The zero-order valence-electron chi connectivity index (χ0n) is 4.87. The highest BCUT2D eigenvalue weighted by Gasteiger charge is 1.85. The van der Waals surface area contributed by atoms with Crippen LogP contribution in [-0.4, -0.2) is 9.76 Å². The molecule has 0 aromatic carbocycles. The molecule has 0 saturated heterocycles. The standard InChI is InChI=1S/C6H11BrI/c7-5-3-1-2-4-6-8/h3H,1-2,4-6H2. The van der Waals surface area contributed by atoms with Gasteiger partial charge in [-0.2, -0.15) is 0 Å². The maximum atomic E-state index is 3.34. The Morgan fingerprint density at radius 3 is 2.62 bits per heavy atom. The molecule has 0 aliphatic heterocycles. The molecule has 0 aliphatic carbocycles. The van der Waals surface area contributed by atoms with Crippen molar-refractivity contribution in [2.75, 3.05) is 9.76 Å². The minimum atomic E-state index is 1.05. The Balaban J connectivity index is 2.53. The zero-order valence-corrected chi connectivity index (χ0v) is 8.61. The molecular formula is C6H11BrI. The maximum absolute atomic E-state index is 3.34. The van der Waals surface area contributed by atoms with Crippen LogP contribution in [0.3, 0.4) is 0 Å². The molecule has 0 saturated carbocycles. The fraction of sp³-hybridized carbons (Fsp3) is 0.833. The molecule has 0 nitrogen and oxygen atoms in total. The molecule has 1 radical (unpaired) electrons. The lowest BCUT2D eigenvalue weighted by atomic mass is 10.2. The second kappa shape index (κ2) is 8.21. The van der Waals surface area contributed by atoms with Gasteiger partial charge in [0.1, 0.15) is 0 Å². The summed E-state index contributed by atoms with van der Waals surface area (Å²) in [6, 6.07) is 0. The average Bonchev–Trinajstić information content (AvgIpc) is 1.81. The number of rotatable bonds is 5. The van der Waals surface area contributed by atoms with E-state index in [1.807, 2.05) is 0 Å². The lowest BCUT2D eigenvalue weighted by molar-refractivity contribution is 0.800. The van der Waals surface area contributed by atoms with Gasteiger partial charge in [0.2, 0.25) is 0 Å². The second-order valence-electron chi connectivity index (χ2n) is 1.63. The van der Waals surface area contributed by atoms with Gasteiger partial charge >= 0.3 is 0 Å². The summed E-state index contributed by atoms with van der Waals surface area (Å²) in [6.07, 6.45) is 6.26. The van der Waals surface area contributed by atoms with E-state index >= 15 is 0 Å². The first-order valence-corrected chi connectivity index (χ1v) is 5.50. The van der Waals surface area contributed by atoms with E-state index in [0.717, 1.165) is 5.33 Å². The van der Waals surface area contributed by atoms with E-state index in [-0.39, 0.29) is 0 Å². The van der Waals surface area contributed by atoms with Crippen LogP contribution in [0.4, 0.5) is 0 Å². The van der Waals surface area contributed by atoms with Crippen LogP contribution in [0.1, 0.15) is 19.3 Å². The zero-order chi connectivity index (χ0) is 6.24. The van der Waals surface area contributed by atoms with Crippen molar-refractivity contribution >= 4 is 38.5 Å². The minimum absolute atomic E-state index is 1.05. The summed E-state index contributed by atoms with van der Waals surface area (Å²) in [5.41, 5.74) is 0. The largest absolute Gasteiger partial charge is 0.0925 e. The molecule has 0 spiro atoms. The molecular weight excluding hydrogens is 279 g/mol. The smallest absolute Gasteiger partial charge is 0.00626 e. The Morgan fingerprint density at radius 2 is 2.12 bits per heavy atom. The van der Waals surface area contributed by atoms with Gasteiger partial charge in [-0.3, -0.25) is 0 Å². The van der Waals surface area contributed by atoms with Gasteiger partial charge in [-0.15, -0.1) is 0 Å². The third kappa shape index (κ3) is 7.21. The highest BCUT2D eigenvalue weighted by Crippen LogP contribution is 2.02. The fourth-order valence-electron chi connectivity index (χ4n) is 0.460. The third-order valence-corrected chi connectivity index (χ3v) is 2.12. The number of unbranched alkanes of at least 4 members (excludes halogenated alkanes) is 3. The molecule has 0 aliphatic rings. The molecule has 49 valence electrons. The van der Waals surface area contributed by atoms with Crippen molar-refractivity contribution in [1.82, 2.24) is 0 Å². The summed E-state index contributed by atoms with van der Waals surface area (Å²) in [5.74, 6) is 0. The van der Waals surface area contributed by atoms with Crippen LogP contribution in [0.25, 0.3) is 0 Å². The Kier molecular flexibility index (Phi) is 9.45. The van der Waals surface area contributed by atoms with E-state index in [9.17, 15) is 0 Å². The maximum Gasteiger partial charge on any atom is 0.00626 e. The van der Waals surface area contributed by atoms with E-state index < -0.39 is 0 Å². The van der Waals surface area contributed by atoms with Gasteiger partial charge in [0, 0.05) is 5.33 Å². The van der Waals surface area contributed by atoms with Crippen LogP contribution in [-0.2, 0) is 0 Å². The Bertz CT molecular complexity index is 33.5. The van der Waals surface area contributed by atoms with Crippen LogP contribution in [0.15, 0.2) is 0 Å². The van der Waals surface area contributed by atoms with Crippen molar-refractivity contribution in [3.05, 3.63) is 6.42 Å². The van der Waals surface area contributed by atoms with E-state index in [2.05, 4.69) is 44.9 Å². The van der Waals surface area contributed by atoms with Gasteiger partial charge < -0.3 is 0 Å². The molecule has 0 amide bonds. The minimum Gasteiger partial charge on any atom is -0.0925 e.